The second-order valence-corrected chi connectivity index (χ2v) is 9.20. The summed E-state index contributed by atoms with van der Waals surface area (Å²) >= 11 is 0. The quantitative estimate of drug-likeness (QED) is 0.494. The van der Waals surface area contributed by atoms with Crippen LogP contribution in [0.1, 0.15) is 72.6 Å². The van der Waals surface area contributed by atoms with Gasteiger partial charge in [0.15, 0.2) is 0 Å². The van der Waals surface area contributed by atoms with Crippen LogP contribution >= 0.6 is 0 Å². The highest BCUT2D eigenvalue weighted by Crippen LogP contribution is 2.66. The topological polar surface area (TPSA) is 52.6 Å². The summed E-state index contributed by atoms with van der Waals surface area (Å²) in [5.41, 5.74) is 1.50. The molecule has 1 unspecified atom stereocenters. The summed E-state index contributed by atoms with van der Waals surface area (Å²) in [7, 11) is 0. The number of hydrogen-bond donors (Lipinski definition) is 0. The van der Waals surface area contributed by atoms with Gasteiger partial charge in [-0.3, -0.25) is 9.59 Å². The van der Waals surface area contributed by atoms with E-state index >= 15 is 0 Å². The molecule has 4 nitrogen and oxygen atoms in total. The van der Waals surface area contributed by atoms with Gasteiger partial charge >= 0.3 is 11.9 Å². The maximum absolute atomic E-state index is 11.7. The Hall–Kier alpha value is -1.58. The molecule has 0 spiro atoms. The fourth-order valence-corrected chi connectivity index (χ4v) is 6.74. The van der Waals surface area contributed by atoms with E-state index in [1.165, 1.54) is 18.9 Å². The van der Waals surface area contributed by atoms with Gasteiger partial charge in [-0.1, -0.05) is 13.8 Å². The summed E-state index contributed by atoms with van der Waals surface area (Å²) in [6, 6.07) is 0. The van der Waals surface area contributed by atoms with E-state index < -0.39 is 0 Å². The van der Waals surface area contributed by atoms with Crippen LogP contribution in [0.4, 0.5) is 0 Å². The van der Waals surface area contributed by atoms with Crippen molar-refractivity contribution in [3.05, 3.63) is 23.2 Å². The van der Waals surface area contributed by atoms with Crippen molar-refractivity contribution in [2.75, 3.05) is 0 Å². The van der Waals surface area contributed by atoms with Crippen molar-refractivity contribution in [3.8, 4) is 0 Å². The fraction of sp³-hybridized carbons (Fsp3) is 0.727. The van der Waals surface area contributed by atoms with E-state index in [4.69, 9.17) is 9.47 Å². The highest BCUT2D eigenvalue weighted by molar-refractivity contribution is 5.72. The van der Waals surface area contributed by atoms with Crippen LogP contribution in [-0.4, -0.2) is 11.9 Å². The van der Waals surface area contributed by atoms with E-state index in [9.17, 15) is 9.59 Å². The van der Waals surface area contributed by atoms with E-state index in [2.05, 4.69) is 19.9 Å². The molecule has 0 aromatic carbocycles. The van der Waals surface area contributed by atoms with Crippen LogP contribution in [0.5, 0.6) is 0 Å². The van der Waals surface area contributed by atoms with Gasteiger partial charge in [-0.05, 0) is 80.3 Å². The predicted octanol–water partition coefficient (Wildman–Crippen LogP) is 4.90. The summed E-state index contributed by atoms with van der Waals surface area (Å²) in [6.07, 6.45) is 9.14. The monoisotopic (exact) mass is 358 g/mol. The minimum Gasteiger partial charge on any atom is -0.432 e. The lowest BCUT2D eigenvalue weighted by atomic mass is 9.50. The highest BCUT2D eigenvalue weighted by Gasteiger charge is 2.58. The highest BCUT2D eigenvalue weighted by atomic mass is 16.5. The van der Waals surface area contributed by atoms with Gasteiger partial charge in [0.1, 0.15) is 11.5 Å². The first kappa shape index (κ1) is 17.8. The van der Waals surface area contributed by atoms with Crippen molar-refractivity contribution >= 4 is 11.9 Å². The van der Waals surface area contributed by atoms with Crippen molar-refractivity contribution in [2.24, 2.45) is 28.6 Å². The zero-order chi connectivity index (χ0) is 18.7. The third-order valence-corrected chi connectivity index (χ3v) is 7.97. The molecule has 4 rings (SSSR count). The number of rotatable bonds is 1. The lowest BCUT2D eigenvalue weighted by Crippen LogP contribution is -2.49. The van der Waals surface area contributed by atoms with E-state index in [0.717, 1.165) is 43.6 Å². The molecule has 4 aliphatic rings. The molecular formula is C22H30O4. The van der Waals surface area contributed by atoms with Crippen molar-refractivity contribution in [3.63, 3.8) is 0 Å². The zero-order valence-electron chi connectivity index (χ0n) is 16.4. The molecule has 1 saturated heterocycles. The standard InChI is InChI=1S/C22H30O4/c1-13(25-14(2)23)16-6-7-17-15-5-8-19-22(4,12-10-20(24)26-19)18(15)9-11-21(16,17)3/h8,15,17-18H,5-7,9-12H2,1-4H3/b16-13+/t15?,17-,18-,21+,22+/m0/s1. The number of allylic oxidation sites excluding steroid dienone is 4. The Morgan fingerprint density at radius 3 is 2.58 bits per heavy atom. The average Bonchev–Trinajstić information content (AvgIpc) is 2.92. The third-order valence-electron chi connectivity index (χ3n) is 7.97. The molecule has 0 aromatic heterocycles. The molecule has 3 fully saturated rings. The fourth-order valence-electron chi connectivity index (χ4n) is 6.74. The average molecular weight is 358 g/mol. The molecule has 0 bridgehead atoms. The Kier molecular flexibility index (Phi) is 4.09. The lowest BCUT2D eigenvalue weighted by Gasteiger charge is -2.55. The first-order valence-corrected chi connectivity index (χ1v) is 10.1. The first-order chi connectivity index (χ1) is 12.3. The second-order valence-electron chi connectivity index (χ2n) is 9.20. The van der Waals surface area contributed by atoms with Crippen molar-refractivity contribution in [1.29, 1.82) is 0 Å². The number of carbonyl (C=O) groups is 2. The largest absolute Gasteiger partial charge is 0.432 e. The lowest BCUT2D eigenvalue weighted by molar-refractivity contribution is -0.151. The molecule has 1 aliphatic heterocycles. The molecule has 4 heteroatoms. The summed E-state index contributed by atoms with van der Waals surface area (Å²) < 4.78 is 11.1. The summed E-state index contributed by atoms with van der Waals surface area (Å²) in [5.74, 6) is 3.29. The molecule has 26 heavy (non-hydrogen) atoms. The molecule has 0 radical (unpaired) electrons. The van der Waals surface area contributed by atoms with Crippen molar-refractivity contribution < 1.29 is 19.1 Å². The van der Waals surface area contributed by atoms with Gasteiger partial charge in [-0.25, -0.2) is 0 Å². The zero-order valence-corrected chi connectivity index (χ0v) is 16.4. The van der Waals surface area contributed by atoms with Crippen molar-refractivity contribution in [2.45, 2.75) is 72.6 Å². The molecular weight excluding hydrogens is 328 g/mol. The summed E-state index contributed by atoms with van der Waals surface area (Å²) in [4.78, 5) is 23.2. The Morgan fingerprint density at radius 1 is 1.12 bits per heavy atom. The van der Waals surface area contributed by atoms with Gasteiger partial charge in [0.05, 0.1) is 0 Å². The summed E-state index contributed by atoms with van der Waals surface area (Å²) in [6.45, 7) is 8.12. The van der Waals surface area contributed by atoms with Gasteiger partial charge in [-0.2, -0.15) is 0 Å². The smallest absolute Gasteiger partial charge is 0.310 e. The van der Waals surface area contributed by atoms with Crippen LogP contribution in [0.3, 0.4) is 0 Å². The van der Waals surface area contributed by atoms with Gasteiger partial charge in [0.2, 0.25) is 0 Å². The minimum atomic E-state index is -0.225. The molecule has 142 valence electrons. The predicted molar refractivity (Wildman–Crippen MR) is 97.6 cm³/mol. The van der Waals surface area contributed by atoms with Crippen LogP contribution in [-0.2, 0) is 19.1 Å². The van der Waals surface area contributed by atoms with Gasteiger partial charge in [0, 0.05) is 18.8 Å². The Morgan fingerprint density at radius 2 is 1.85 bits per heavy atom. The van der Waals surface area contributed by atoms with Crippen LogP contribution in [0.2, 0.25) is 0 Å². The van der Waals surface area contributed by atoms with Crippen LogP contribution < -0.4 is 0 Å². The molecule has 0 N–H and O–H groups in total. The Bertz CT molecular complexity index is 718. The van der Waals surface area contributed by atoms with Gasteiger partial charge in [-0.15, -0.1) is 0 Å². The molecule has 1 heterocycles. The Balaban J connectivity index is 1.66. The van der Waals surface area contributed by atoms with Gasteiger partial charge in [0.25, 0.3) is 0 Å². The number of esters is 2. The molecule has 0 aromatic rings. The van der Waals surface area contributed by atoms with Crippen LogP contribution in [0.15, 0.2) is 23.2 Å². The van der Waals surface area contributed by atoms with E-state index in [1.807, 2.05) is 6.92 Å². The first-order valence-electron chi connectivity index (χ1n) is 10.1. The minimum absolute atomic E-state index is 0.00948. The number of fused-ring (bicyclic) bond motifs is 5. The summed E-state index contributed by atoms with van der Waals surface area (Å²) in [5, 5.41) is 0. The van der Waals surface area contributed by atoms with Crippen LogP contribution in [0, 0.1) is 28.6 Å². The van der Waals surface area contributed by atoms with E-state index in [-0.39, 0.29) is 22.8 Å². The van der Waals surface area contributed by atoms with Crippen molar-refractivity contribution in [1.82, 2.24) is 0 Å². The number of hydrogen-bond acceptors (Lipinski definition) is 4. The second kappa shape index (κ2) is 5.97. The molecule has 2 saturated carbocycles. The third kappa shape index (κ3) is 2.48. The Labute approximate surface area is 156 Å². The maximum Gasteiger partial charge on any atom is 0.310 e. The maximum atomic E-state index is 11.7. The molecule has 5 atom stereocenters. The number of ether oxygens (including phenoxy) is 2. The molecule has 3 aliphatic carbocycles. The number of carbonyl (C=O) groups excluding carboxylic acids is 2. The van der Waals surface area contributed by atoms with E-state index in [1.54, 1.807) is 0 Å². The SMILES string of the molecule is CC(=O)O/C(C)=C1\CC[C@H]2C3CC=C4OC(=O)CC[C@]4(C)[C@H]3CC[C@]12C. The normalized spacial score (nSPS) is 43.5. The van der Waals surface area contributed by atoms with Gasteiger partial charge < -0.3 is 9.47 Å². The molecule has 0 amide bonds. The van der Waals surface area contributed by atoms with E-state index in [0.29, 0.717) is 24.2 Å². The van der Waals surface area contributed by atoms with Crippen LogP contribution in [0.25, 0.3) is 0 Å².